The smallest absolute Gasteiger partial charge is 0.255 e. The van der Waals surface area contributed by atoms with Crippen molar-refractivity contribution in [1.82, 2.24) is 14.8 Å². The van der Waals surface area contributed by atoms with Crippen molar-refractivity contribution in [3.05, 3.63) is 64.7 Å². The summed E-state index contributed by atoms with van der Waals surface area (Å²) in [5.41, 5.74) is 1.50. The number of likely N-dealkylation sites (tertiary alicyclic amines) is 2. The van der Waals surface area contributed by atoms with Gasteiger partial charge in [0, 0.05) is 44.0 Å². The Bertz CT molecular complexity index is 815. The van der Waals surface area contributed by atoms with Gasteiger partial charge in [0.05, 0.1) is 10.6 Å². The van der Waals surface area contributed by atoms with Crippen molar-refractivity contribution in [3.8, 4) is 0 Å². The van der Waals surface area contributed by atoms with Gasteiger partial charge in [0.15, 0.2) is 0 Å². The molecule has 0 N–H and O–H groups in total. The van der Waals surface area contributed by atoms with Gasteiger partial charge in [-0.1, -0.05) is 23.7 Å². The van der Waals surface area contributed by atoms with Crippen molar-refractivity contribution in [2.75, 3.05) is 26.7 Å². The zero-order valence-corrected chi connectivity index (χ0v) is 14.7. The summed E-state index contributed by atoms with van der Waals surface area (Å²) in [6.07, 6.45) is 3.07. The predicted molar refractivity (Wildman–Crippen MR) is 93.9 cm³/mol. The van der Waals surface area contributed by atoms with Crippen LogP contribution in [0.5, 0.6) is 0 Å². The molecule has 6 heteroatoms. The number of carbonyl (C=O) groups is 1. The Morgan fingerprint density at radius 1 is 1.24 bits per heavy atom. The number of hydrogen-bond acceptors (Lipinski definition) is 3. The molecule has 2 saturated heterocycles. The molecule has 3 atom stereocenters. The fraction of sp³-hybridized carbons (Fsp3) is 0.368. The first kappa shape index (κ1) is 16.5. The van der Waals surface area contributed by atoms with E-state index in [-0.39, 0.29) is 17.8 Å². The molecule has 2 aliphatic heterocycles. The van der Waals surface area contributed by atoms with Crippen LogP contribution < -0.4 is 0 Å². The van der Waals surface area contributed by atoms with E-state index in [2.05, 4.69) is 16.9 Å². The van der Waals surface area contributed by atoms with Gasteiger partial charge in [0.25, 0.3) is 5.91 Å². The summed E-state index contributed by atoms with van der Waals surface area (Å²) in [5, 5.41) is 0.461. The summed E-state index contributed by atoms with van der Waals surface area (Å²) >= 11 is 5.95. The molecule has 3 heterocycles. The third kappa shape index (κ3) is 3.02. The molecule has 130 valence electrons. The summed E-state index contributed by atoms with van der Waals surface area (Å²) in [6.45, 7) is 2.29. The van der Waals surface area contributed by atoms with E-state index in [1.807, 2.05) is 11.0 Å². The molecule has 0 bridgehead atoms. The van der Waals surface area contributed by atoms with Crippen LogP contribution >= 0.6 is 11.6 Å². The molecule has 1 amide bonds. The highest BCUT2D eigenvalue weighted by atomic mass is 35.5. The van der Waals surface area contributed by atoms with Gasteiger partial charge in [-0.2, -0.15) is 0 Å². The lowest BCUT2D eigenvalue weighted by Crippen LogP contribution is -2.33. The maximum Gasteiger partial charge on any atom is 0.255 e. The molecule has 4 nitrogen and oxygen atoms in total. The molecule has 1 aromatic carbocycles. The zero-order chi connectivity index (χ0) is 17.6. The Morgan fingerprint density at radius 2 is 2.08 bits per heavy atom. The summed E-state index contributed by atoms with van der Waals surface area (Å²) < 4.78 is 13.7. The van der Waals surface area contributed by atoms with E-state index in [1.165, 1.54) is 12.3 Å². The average molecular weight is 360 g/mol. The average Bonchev–Trinajstić information content (AvgIpc) is 3.10. The van der Waals surface area contributed by atoms with Crippen molar-refractivity contribution in [2.24, 2.45) is 11.8 Å². The second-order valence-corrected chi connectivity index (χ2v) is 7.40. The highest BCUT2D eigenvalue weighted by molar-refractivity contribution is 6.30. The minimum absolute atomic E-state index is 0.0370. The van der Waals surface area contributed by atoms with E-state index in [0.717, 1.165) is 12.1 Å². The van der Waals surface area contributed by atoms with Gasteiger partial charge in [0.1, 0.15) is 5.82 Å². The number of carbonyl (C=O) groups excluding carboxylic acids is 1. The van der Waals surface area contributed by atoms with Crippen LogP contribution in [-0.4, -0.2) is 47.4 Å². The lowest BCUT2D eigenvalue weighted by atomic mass is 9.89. The number of hydrogen-bond donors (Lipinski definition) is 0. The Hall–Kier alpha value is -1.98. The SMILES string of the molecule is CN1C[C@H]2CN(C(=O)c3cncc(Cl)c3)C[C@H]2[C@@H]1c1cccc(F)c1. The molecule has 4 rings (SSSR count). The molecule has 2 fully saturated rings. The van der Waals surface area contributed by atoms with Crippen LogP contribution in [0.3, 0.4) is 0 Å². The third-order valence-corrected chi connectivity index (χ3v) is 5.53. The molecule has 1 aromatic heterocycles. The van der Waals surface area contributed by atoms with Crippen molar-refractivity contribution >= 4 is 17.5 Å². The maximum absolute atomic E-state index is 13.7. The van der Waals surface area contributed by atoms with Crippen molar-refractivity contribution < 1.29 is 9.18 Å². The highest BCUT2D eigenvalue weighted by Gasteiger charge is 2.47. The van der Waals surface area contributed by atoms with Crippen LogP contribution in [0.4, 0.5) is 4.39 Å². The molecule has 0 spiro atoms. The summed E-state index contributed by atoms with van der Waals surface area (Å²) in [5.74, 6) is 0.451. The molecule has 0 aliphatic carbocycles. The quantitative estimate of drug-likeness (QED) is 0.826. The molecular formula is C19H19ClFN3O. The first-order valence-corrected chi connectivity index (χ1v) is 8.76. The fourth-order valence-corrected chi connectivity index (χ4v) is 4.50. The molecule has 0 saturated carbocycles. The number of halogens is 2. The number of nitrogens with zero attached hydrogens (tertiary/aromatic N) is 3. The molecule has 0 unspecified atom stereocenters. The second kappa shape index (κ2) is 6.39. The largest absolute Gasteiger partial charge is 0.338 e. The Balaban J connectivity index is 1.56. The van der Waals surface area contributed by atoms with Gasteiger partial charge in [0.2, 0.25) is 0 Å². The molecule has 2 aromatic rings. The number of fused-ring (bicyclic) bond motifs is 1. The minimum Gasteiger partial charge on any atom is -0.338 e. The van der Waals surface area contributed by atoms with Gasteiger partial charge in [-0.3, -0.25) is 14.7 Å². The van der Waals surface area contributed by atoms with Crippen LogP contribution in [0.2, 0.25) is 5.02 Å². The second-order valence-electron chi connectivity index (χ2n) is 6.97. The number of benzene rings is 1. The number of aromatic nitrogens is 1. The maximum atomic E-state index is 13.7. The molecular weight excluding hydrogens is 341 g/mol. The normalized spacial score (nSPS) is 26.0. The number of amides is 1. The molecule has 0 radical (unpaired) electrons. The van der Waals surface area contributed by atoms with Crippen LogP contribution in [0, 0.1) is 17.7 Å². The van der Waals surface area contributed by atoms with Crippen molar-refractivity contribution in [3.63, 3.8) is 0 Å². The topological polar surface area (TPSA) is 36.4 Å². The van der Waals surface area contributed by atoms with E-state index in [1.54, 1.807) is 24.4 Å². The van der Waals surface area contributed by atoms with Crippen LogP contribution in [0.15, 0.2) is 42.7 Å². The van der Waals surface area contributed by atoms with Crippen LogP contribution in [-0.2, 0) is 0 Å². The molecule has 25 heavy (non-hydrogen) atoms. The van der Waals surface area contributed by atoms with E-state index in [4.69, 9.17) is 11.6 Å². The van der Waals surface area contributed by atoms with Crippen molar-refractivity contribution in [2.45, 2.75) is 6.04 Å². The van der Waals surface area contributed by atoms with Gasteiger partial charge < -0.3 is 4.90 Å². The number of rotatable bonds is 2. The zero-order valence-electron chi connectivity index (χ0n) is 13.9. The first-order chi connectivity index (χ1) is 12.0. The van der Waals surface area contributed by atoms with Gasteiger partial charge in [-0.05, 0) is 36.7 Å². The lowest BCUT2D eigenvalue weighted by Gasteiger charge is -2.27. The first-order valence-electron chi connectivity index (χ1n) is 8.38. The predicted octanol–water partition coefficient (Wildman–Crippen LogP) is 3.25. The summed E-state index contributed by atoms with van der Waals surface area (Å²) in [4.78, 5) is 20.9. The van der Waals surface area contributed by atoms with Gasteiger partial charge in [-0.25, -0.2) is 4.39 Å². The van der Waals surface area contributed by atoms with E-state index in [9.17, 15) is 9.18 Å². The summed E-state index contributed by atoms with van der Waals surface area (Å²) in [6, 6.07) is 8.58. The monoisotopic (exact) mass is 359 g/mol. The Labute approximate surface area is 151 Å². The summed E-state index contributed by atoms with van der Waals surface area (Å²) in [7, 11) is 2.07. The molecule has 2 aliphatic rings. The van der Waals surface area contributed by atoms with Crippen LogP contribution in [0.25, 0.3) is 0 Å². The third-order valence-electron chi connectivity index (χ3n) is 5.32. The van der Waals surface area contributed by atoms with Gasteiger partial charge in [-0.15, -0.1) is 0 Å². The highest BCUT2D eigenvalue weighted by Crippen LogP contribution is 2.44. The van der Waals surface area contributed by atoms with Crippen molar-refractivity contribution in [1.29, 1.82) is 0 Å². The van der Waals surface area contributed by atoms with E-state index >= 15 is 0 Å². The fourth-order valence-electron chi connectivity index (χ4n) is 4.33. The van der Waals surface area contributed by atoms with Crippen LogP contribution in [0.1, 0.15) is 22.0 Å². The lowest BCUT2D eigenvalue weighted by molar-refractivity contribution is 0.0767. The Kier molecular flexibility index (Phi) is 4.21. The Morgan fingerprint density at radius 3 is 2.84 bits per heavy atom. The minimum atomic E-state index is -0.217. The van der Waals surface area contributed by atoms with E-state index in [0.29, 0.717) is 35.5 Å². The van der Waals surface area contributed by atoms with E-state index < -0.39 is 0 Å². The standard InChI is InChI=1S/C19H19ClFN3O/c1-23-9-14-10-24(19(25)13-5-15(20)8-22-7-13)11-17(14)18(23)12-3-2-4-16(21)6-12/h2-8,14,17-18H,9-11H2,1H3/t14-,17+,18-/m0/s1. The number of pyridine rings is 1. The van der Waals surface area contributed by atoms with Gasteiger partial charge >= 0.3 is 0 Å².